The molecule has 1 aliphatic carbocycles. The number of fused-ring (bicyclic) bond motifs is 1. The monoisotopic (exact) mass is 236 g/mol. The van der Waals surface area contributed by atoms with Gasteiger partial charge in [-0.05, 0) is 64.5 Å². The van der Waals surface area contributed by atoms with E-state index in [4.69, 9.17) is 0 Å². The minimum atomic E-state index is 0.760. The fourth-order valence-corrected chi connectivity index (χ4v) is 4.34. The summed E-state index contributed by atoms with van der Waals surface area (Å²) in [7, 11) is 0. The zero-order valence-electron chi connectivity index (χ0n) is 11.3. The summed E-state index contributed by atoms with van der Waals surface area (Å²) >= 11 is 0. The van der Waals surface area contributed by atoms with Crippen LogP contribution in [0.4, 0.5) is 0 Å². The lowest BCUT2D eigenvalue weighted by atomic mass is 9.94. The summed E-state index contributed by atoms with van der Waals surface area (Å²) < 4.78 is 0. The van der Waals surface area contributed by atoms with E-state index >= 15 is 0 Å². The SMILES string of the molecule is C[C@H](NC1CCN2CCCC2C1)C1CCCC1. The highest BCUT2D eigenvalue weighted by molar-refractivity contribution is 4.91. The molecule has 2 saturated heterocycles. The lowest BCUT2D eigenvalue weighted by Crippen LogP contribution is -2.49. The summed E-state index contributed by atoms with van der Waals surface area (Å²) in [6, 6.07) is 2.48. The van der Waals surface area contributed by atoms with Crippen LogP contribution < -0.4 is 5.32 Å². The van der Waals surface area contributed by atoms with Crippen LogP contribution >= 0.6 is 0 Å². The van der Waals surface area contributed by atoms with Crippen molar-refractivity contribution in [3.63, 3.8) is 0 Å². The van der Waals surface area contributed by atoms with Crippen LogP contribution in [0.25, 0.3) is 0 Å². The smallest absolute Gasteiger partial charge is 0.0111 e. The first-order chi connectivity index (χ1) is 8.33. The standard InChI is InChI=1S/C15H28N2/c1-12(13-5-2-3-6-13)16-14-8-10-17-9-4-7-15(17)11-14/h12-16H,2-11H2,1H3/t12-,14?,15?/m0/s1. The van der Waals surface area contributed by atoms with E-state index in [2.05, 4.69) is 17.1 Å². The Hall–Kier alpha value is -0.0800. The Morgan fingerprint density at radius 2 is 1.82 bits per heavy atom. The first-order valence-electron chi connectivity index (χ1n) is 7.83. The Kier molecular flexibility index (Phi) is 3.72. The van der Waals surface area contributed by atoms with Gasteiger partial charge >= 0.3 is 0 Å². The Morgan fingerprint density at radius 1 is 1.00 bits per heavy atom. The maximum Gasteiger partial charge on any atom is 0.0111 e. The molecule has 0 aromatic rings. The van der Waals surface area contributed by atoms with Crippen LogP contribution in [0.2, 0.25) is 0 Å². The summed E-state index contributed by atoms with van der Waals surface area (Å²) in [4.78, 5) is 2.72. The largest absolute Gasteiger partial charge is 0.311 e. The van der Waals surface area contributed by atoms with E-state index in [-0.39, 0.29) is 0 Å². The minimum absolute atomic E-state index is 0.760. The van der Waals surface area contributed by atoms with Crippen LogP contribution in [0, 0.1) is 5.92 Å². The minimum Gasteiger partial charge on any atom is -0.311 e. The molecule has 2 nitrogen and oxygen atoms in total. The number of piperidine rings is 1. The van der Waals surface area contributed by atoms with Crippen molar-refractivity contribution in [3.05, 3.63) is 0 Å². The number of hydrogen-bond donors (Lipinski definition) is 1. The molecule has 0 aromatic heterocycles. The highest BCUT2D eigenvalue weighted by atomic mass is 15.2. The second-order valence-electron chi connectivity index (χ2n) is 6.55. The van der Waals surface area contributed by atoms with Crippen molar-refractivity contribution < 1.29 is 0 Å². The molecule has 0 bridgehead atoms. The summed E-state index contributed by atoms with van der Waals surface area (Å²) in [6.07, 6.45) is 11.6. The van der Waals surface area contributed by atoms with E-state index < -0.39 is 0 Å². The van der Waals surface area contributed by atoms with Crippen molar-refractivity contribution in [1.29, 1.82) is 0 Å². The summed E-state index contributed by atoms with van der Waals surface area (Å²) in [5.74, 6) is 0.969. The van der Waals surface area contributed by atoms with E-state index in [0.717, 1.165) is 24.0 Å². The number of hydrogen-bond acceptors (Lipinski definition) is 2. The average molecular weight is 236 g/mol. The van der Waals surface area contributed by atoms with Crippen molar-refractivity contribution in [2.75, 3.05) is 13.1 Å². The maximum atomic E-state index is 3.95. The molecule has 3 rings (SSSR count). The Bertz CT molecular complexity index is 247. The van der Waals surface area contributed by atoms with E-state index in [1.807, 2.05) is 0 Å². The highest BCUT2D eigenvalue weighted by Crippen LogP contribution is 2.30. The fraction of sp³-hybridized carbons (Fsp3) is 1.00. The van der Waals surface area contributed by atoms with Gasteiger partial charge in [-0.3, -0.25) is 0 Å². The van der Waals surface area contributed by atoms with Crippen molar-refractivity contribution in [1.82, 2.24) is 10.2 Å². The molecule has 1 N–H and O–H groups in total. The Labute approximate surface area is 106 Å². The third-order valence-corrected chi connectivity index (χ3v) is 5.43. The van der Waals surface area contributed by atoms with Crippen molar-refractivity contribution >= 4 is 0 Å². The van der Waals surface area contributed by atoms with Gasteiger partial charge in [0, 0.05) is 18.1 Å². The third-order valence-electron chi connectivity index (χ3n) is 5.43. The summed E-state index contributed by atoms with van der Waals surface area (Å²) in [6.45, 7) is 5.15. The van der Waals surface area contributed by atoms with E-state index in [1.54, 1.807) is 0 Å². The molecule has 0 radical (unpaired) electrons. The normalized spacial score (nSPS) is 37.2. The van der Waals surface area contributed by atoms with Gasteiger partial charge in [-0.2, -0.15) is 0 Å². The molecule has 2 unspecified atom stereocenters. The van der Waals surface area contributed by atoms with Crippen LogP contribution in [-0.2, 0) is 0 Å². The van der Waals surface area contributed by atoms with E-state index in [9.17, 15) is 0 Å². The van der Waals surface area contributed by atoms with E-state index in [0.29, 0.717) is 0 Å². The number of nitrogens with one attached hydrogen (secondary N) is 1. The lowest BCUT2D eigenvalue weighted by Gasteiger charge is -2.37. The molecular weight excluding hydrogens is 208 g/mol. The van der Waals surface area contributed by atoms with Gasteiger partial charge in [-0.15, -0.1) is 0 Å². The van der Waals surface area contributed by atoms with Gasteiger partial charge in [-0.1, -0.05) is 12.8 Å². The summed E-state index contributed by atoms with van der Waals surface area (Å²) in [5.41, 5.74) is 0. The van der Waals surface area contributed by atoms with Crippen LogP contribution in [-0.4, -0.2) is 36.1 Å². The van der Waals surface area contributed by atoms with Crippen LogP contribution in [0.5, 0.6) is 0 Å². The zero-order chi connectivity index (χ0) is 11.7. The van der Waals surface area contributed by atoms with Crippen molar-refractivity contribution in [2.24, 2.45) is 5.92 Å². The highest BCUT2D eigenvalue weighted by Gasteiger charge is 2.33. The lowest BCUT2D eigenvalue weighted by molar-refractivity contribution is 0.155. The first kappa shape index (κ1) is 12.0. The molecule has 3 fully saturated rings. The molecule has 2 heterocycles. The van der Waals surface area contributed by atoms with Crippen molar-refractivity contribution in [2.45, 2.75) is 76.4 Å². The predicted molar refractivity (Wildman–Crippen MR) is 72.2 cm³/mol. The molecule has 2 heteroatoms. The average Bonchev–Trinajstić information content (AvgIpc) is 2.99. The van der Waals surface area contributed by atoms with Gasteiger partial charge in [0.05, 0.1) is 0 Å². The maximum absolute atomic E-state index is 3.95. The van der Waals surface area contributed by atoms with Gasteiger partial charge in [0.15, 0.2) is 0 Å². The van der Waals surface area contributed by atoms with E-state index in [1.165, 1.54) is 64.5 Å². The van der Waals surface area contributed by atoms with Gasteiger partial charge in [0.2, 0.25) is 0 Å². The fourth-order valence-electron chi connectivity index (χ4n) is 4.34. The first-order valence-corrected chi connectivity index (χ1v) is 7.83. The van der Waals surface area contributed by atoms with Crippen LogP contribution in [0.15, 0.2) is 0 Å². The molecule has 2 aliphatic heterocycles. The molecule has 98 valence electrons. The third kappa shape index (κ3) is 2.68. The molecule has 0 aromatic carbocycles. The molecule has 1 saturated carbocycles. The van der Waals surface area contributed by atoms with Crippen LogP contribution in [0.3, 0.4) is 0 Å². The molecule has 17 heavy (non-hydrogen) atoms. The molecule has 3 aliphatic rings. The number of rotatable bonds is 3. The van der Waals surface area contributed by atoms with Crippen LogP contribution in [0.1, 0.15) is 58.3 Å². The van der Waals surface area contributed by atoms with Gasteiger partial charge < -0.3 is 10.2 Å². The Morgan fingerprint density at radius 3 is 2.65 bits per heavy atom. The van der Waals surface area contributed by atoms with Gasteiger partial charge in [0.1, 0.15) is 0 Å². The molecule has 0 spiro atoms. The number of nitrogens with zero attached hydrogens (tertiary/aromatic N) is 1. The Balaban J connectivity index is 1.48. The van der Waals surface area contributed by atoms with Gasteiger partial charge in [0.25, 0.3) is 0 Å². The molecule has 0 amide bonds. The zero-order valence-corrected chi connectivity index (χ0v) is 11.3. The molecular formula is C15H28N2. The second kappa shape index (κ2) is 5.27. The van der Waals surface area contributed by atoms with Crippen molar-refractivity contribution in [3.8, 4) is 0 Å². The topological polar surface area (TPSA) is 15.3 Å². The summed E-state index contributed by atoms with van der Waals surface area (Å²) in [5, 5.41) is 3.95. The molecule has 3 atom stereocenters. The predicted octanol–water partition coefficient (Wildman–Crippen LogP) is 2.78. The van der Waals surface area contributed by atoms with Gasteiger partial charge in [-0.25, -0.2) is 0 Å². The quantitative estimate of drug-likeness (QED) is 0.810. The second-order valence-corrected chi connectivity index (χ2v) is 6.55.